The topological polar surface area (TPSA) is 142 Å². The third-order valence-corrected chi connectivity index (χ3v) is 11.5. The predicted molar refractivity (Wildman–Crippen MR) is 160 cm³/mol. The van der Waals surface area contributed by atoms with Crippen LogP contribution in [0.4, 0.5) is 0 Å². The van der Waals surface area contributed by atoms with Crippen molar-refractivity contribution < 1.29 is 38.5 Å². The van der Waals surface area contributed by atoms with Crippen LogP contribution in [0.3, 0.4) is 0 Å². The van der Waals surface area contributed by atoms with Gasteiger partial charge in [-0.25, -0.2) is 18.6 Å². The van der Waals surface area contributed by atoms with Crippen LogP contribution in [0.15, 0.2) is 132 Å². The normalized spacial score (nSPS) is 11.9. The van der Waals surface area contributed by atoms with Crippen LogP contribution in [-0.2, 0) is 4.79 Å². The molecule has 43 heavy (non-hydrogen) atoms. The summed E-state index contributed by atoms with van der Waals surface area (Å²) in [7, 11) is -7.72. The first-order chi connectivity index (χ1) is 20.5. The summed E-state index contributed by atoms with van der Waals surface area (Å²) < 4.78 is 34.3. The fraction of sp³-hybridized carbons (Fsp3) is 0.125. The molecule has 0 atom stereocenters. The molecule has 0 aliphatic rings. The van der Waals surface area contributed by atoms with Gasteiger partial charge in [0, 0.05) is 18.7 Å². The summed E-state index contributed by atoms with van der Waals surface area (Å²) in [6.07, 6.45) is 0. The van der Waals surface area contributed by atoms with Gasteiger partial charge >= 0.3 is 0 Å². The fourth-order valence-corrected chi connectivity index (χ4v) is 9.47. The van der Waals surface area contributed by atoms with Crippen molar-refractivity contribution >= 4 is 46.6 Å². The molecule has 0 aromatic heterocycles. The minimum absolute atomic E-state index is 0.106. The number of halogens is 2. The smallest absolute Gasteiger partial charge is 0.271 e. The Morgan fingerprint density at radius 3 is 1.33 bits per heavy atom. The molecule has 0 spiro atoms. The number of hydrogen-bond donors (Lipinski definition) is 1. The molecule has 0 unspecified atom stereocenters. The van der Waals surface area contributed by atoms with Gasteiger partial charge in [-0.1, -0.05) is 121 Å². The van der Waals surface area contributed by atoms with E-state index in [1.807, 2.05) is 74.5 Å². The fourth-order valence-electron chi connectivity index (χ4n) is 4.55. The third-order valence-electron chi connectivity index (χ3n) is 6.47. The zero-order chi connectivity index (χ0) is 31.5. The van der Waals surface area contributed by atoms with Crippen LogP contribution in [0.2, 0.25) is 0 Å². The third kappa shape index (κ3) is 8.72. The highest BCUT2D eigenvalue weighted by Crippen LogP contribution is 2.64. The van der Waals surface area contributed by atoms with Crippen LogP contribution < -0.4 is 39.9 Å². The molecule has 2 amide bonds. The molecule has 8 nitrogen and oxygen atoms in total. The van der Waals surface area contributed by atoms with E-state index in [1.165, 1.54) is 0 Å². The molecule has 0 bridgehead atoms. The molecule has 11 heteroatoms. The minimum atomic E-state index is -4.94. The highest BCUT2D eigenvalue weighted by Gasteiger charge is 2.41. The van der Waals surface area contributed by atoms with Gasteiger partial charge in [0.25, 0.3) is 11.8 Å². The maximum atomic E-state index is 14.0. The number of carbonyl (C=O) groups is 2. The van der Waals surface area contributed by atoms with Crippen LogP contribution in [0.25, 0.3) is 0 Å². The predicted octanol–water partition coefficient (Wildman–Crippen LogP) is 0.931. The standard InChI is InChI=1S/C32H31ClN2O2P.ClHO4/c1-3-35(4-2)32(37)29(34-31(36)25-17-9-5-10-18-25)30(33)38(26-19-11-6-12-20-26,27-21-13-7-14-22-27)28-23-15-8-16-24-28;2-1(3,4)5/h5-24H,3-4H2,1-2H3,(H,34,36);(H,2,3,4,5)/p-1/b30-29+;. The molecule has 0 fully saturated rings. The summed E-state index contributed by atoms with van der Waals surface area (Å²) in [5.74, 6) is -0.692. The van der Waals surface area contributed by atoms with Crippen molar-refractivity contribution in [1.29, 1.82) is 0 Å². The van der Waals surface area contributed by atoms with Crippen LogP contribution in [0, 0.1) is 10.2 Å². The summed E-state index contributed by atoms with van der Waals surface area (Å²) in [4.78, 5) is 29.2. The number of benzene rings is 4. The van der Waals surface area contributed by atoms with Crippen molar-refractivity contribution in [3.8, 4) is 0 Å². The Balaban J connectivity index is 0.000000934. The lowest BCUT2D eigenvalue weighted by atomic mass is 10.2. The van der Waals surface area contributed by atoms with Crippen LogP contribution in [-0.4, -0.2) is 29.8 Å². The van der Waals surface area contributed by atoms with E-state index in [-0.39, 0.29) is 17.5 Å². The average molecular weight is 641 g/mol. The second-order valence-corrected chi connectivity index (χ2v) is 13.8. The first-order valence-corrected chi connectivity index (χ1v) is 16.7. The number of hydrogen-bond acceptors (Lipinski definition) is 6. The van der Waals surface area contributed by atoms with E-state index in [9.17, 15) is 9.59 Å². The van der Waals surface area contributed by atoms with Crippen LogP contribution in [0.1, 0.15) is 24.2 Å². The molecule has 0 saturated carbocycles. The van der Waals surface area contributed by atoms with Gasteiger partial charge in [-0.05, 0) is 49.2 Å². The van der Waals surface area contributed by atoms with Gasteiger partial charge in [-0.2, -0.15) is 0 Å². The summed E-state index contributed by atoms with van der Waals surface area (Å²) in [5, 5.41) is 5.90. The molecule has 4 rings (SSSR count). The van der Waals surface area contributed by atoms with E-state index in [1.54, 1.807) is 29.2 Å². The number of nitrogens with one attached hydrogen (secondary N) is 1. The van der Waals surface area contributed by atoms with E-state index in [0.717, 1.165) is 15.9 Å². The lowest BCUT2D eigenvalue weighted by Crippen LogP contribution is -2.68. The van der Waals surface area contributed by atoms with Gasteiger partial charge in [-0.3, -0.25) is 9.59 Å². The average Bonchev–Trinajstić information content (AvgIpc) is 3.02. The molecule has 0 saturated heterocycles. The Labute approximate surface area is 258 Å². The summed E-state index contributed by atoms with van der Waals surface area (Å²) >= 11 is 7.52. The Hall–Kier alpha value is -3.59. The Kier molecular flexibility index (Phi) is 12.4. The number of amides is 2. The van der Waals surface area contributed by atoms with E-state index >= 15 is 0 Å². The molecule has 1 N–H and O–H groups in total. The molecular formula is C32H31Cl2N2O6P-. The zero-order valence-electron chi connectivity index (χ0n) is 23.6. The van der Waals surface area contributed by atoms with Crippen molar-refractivity contribution in [3.05, 3.63) is 137 Å². The van der Waals surface area contributed by atoms with Crippen molar-refractivity contribution in [3.63, 3.8) is 0 Å². The zero-order valence-corrected chi connectivity index (χ0v) is 26.0. The highest BCUT2D eigenvalue weighted by molar-refractivity contribution is 8.00. The number of rotatable bonds is 9. The molecule has 1 radical (unpaired) electrons. The number of nitrogens with zero attached hydrogens (tertiary/aromatic N) is 1. The van der Waals surface area contributed by atoms with Gasteiger partial charge in [0.05, 0.1) is 4.77 Å². The number of likely N-dealkylation sites (N-methyl/N-ethyl adjacent to an activating group) is 1. The maximum Gasteiger partial charge on any atom is 0.271 e. The molecular weight excluding hydrogens is 610 g/mol. The molecule has 225 valence electrons. The SMILES string of the molecule is CCN(CC)C(=O)/C(NC(=O)c1ccccc1)=C(/Cl)[P](c1ccccc1)(c1ccccc1)c1ccccc1.[O-][Cl+3]([O-])([O-])[O-]. The first kappa shape index (κ1) is 33.9. The Morgan fingerprint density at radius 2 is 1.00 bits per heavy atom. The lowest BCUT2D eigenvalue weighted by Gasteiger charge is -2.39. The molecule has 0 aliphatic heterocycles. The molecule has 4 aromatic carbocycles. The monoisotopic (exact) mass is 640 g/mol. The van der Waals surface area contributed by atoms with Crippen molar-refractivity contribution in [2.24, 2.45) is 0 Å². The minimum Gasteiger partial charge on any atom is -0.338 e. The molecule has 0 heterocycles. The van der Waals surface area contributed by atoms with Crippen molar-refractivity contribution in [2.45, 2.75) is 13.8 Å². The molecule has 4 aromatic rings. The second kappa shape index (κ2) is 15.8. The number of carbonyl (C=O) groups excluding carboxylic acids is 2. The van der Waals surface area contributed by atoms with E-state index in [4.69, 9.17) is 30.2 Å². The molecule has 0 aliphatic carbocycles. The first-order valence-electron chi connectivity index (χ1n) is 13.3. The maximum absolute atomic E-state index is 14.0. The lowest BCUT2D eigenvalue weighted by molar-refractivity contribution is -2.00. The summed E-state index contributed by atoms with van der Waals surface area (Å²) in [6, 6.07) is 38.9. The van der Waals surface area contributed by atoms with Crippen molar-refractivity contribution in [1.82, 2.24) is 10.2 Å². The van der Waals surface area contributed by atoms with Gasteiger partial charge < -0.3 is 10.2 Å². The summed E-state index contributed by atoms with van der Waals surface area (Å²) in [5.41, 5.74) is 0.555. The van der Waals surface area contributed by atoms with Gasteiger partial charge in [-0.15, -0.1) is 10.2 Å². The van der Waals surface area contributed by atoms with Gasteiger partial charge in [0.1, 0.15) is 5.70 Å². The summed E-state index contributed by atoms with van der Waals surface area (Å²) in [6.45, 7) is 4.80. The van der Waals surface area contributed by atoms with Crippen molar-refractivity contribution in [2.75, 3.05) is 13.1 Å². The Bertz CT molecular complexity index is 1400. The quantitative estimate of drug-likeness (QED) is 0.213. The van der Waals surface area contributed by atoms with Gasteiger partial charge in [0.15, 0.2) is 0 Å². The van der Waals surface area contributed by atoms with Crippen LogP contribution in [0.5, 0.6) is 0 Å². The van der Waals surface area contributed by atoms with Crippen LogP contribution >= 0.6 is 18.9 Å². The van der Waals surface area contributed by atoms with E-state index in [2.05, 4.69) is 41.7 Å². The van der Waals surface area contributed by atoms with Gasteiger partial charge in [0.2, 0.25) is 0 Å². The Morgan fingerprint density at radius 1 is 0.674 bits per heavy atom. The highest BCUT2D eigenvalue weighted by atomic mass is 35.7. The largest absolute Gasteiger partial charge is 0.338 e. The van der Waals surface area contributed by atoms with E-state index in [0.29, 0.717) is 23.4 Å². The van der Waals surface area contributed by atoms with E-state index < -0.39 is 17.5 Å². The second-order valence-electron chi connectivity index (χ2n) is 9.02.